The molecule has 0 unspecified atom stereocenters. The Balaban J connectivity index is 1.67. The van der Waals surface area contributed by atoms with Crippen LogP contribution in [0.15, 0.2) is 54.6 Å². The number of benzene rings is 2. The van der Waals surface area contributed by atoms with E-state index in [1.165, 1.54) is 17.0 Å². The molecule has 3 rings (SSSR count). The molecule has 0 atom stereocenters. The molecule has 0 saturated heterocycles. The number of carbonyl (C=O) groups is 2. The number of halogens is 2. The Bertz CT molecular complexity index is 1010. The molecular formula is C21H19ClFN3O2. The first kappa shape index (κ1) is 19.8. The Morgan fingerprint density at radius 2 is 1.86 bits per heavy atom. The van der Waals surface area contributed by atoms with E-state index in [9.17, 15) is 14.0 Å². The van der Waals surface area contributed by atoms with Gasteiger partial charge in [0.15, 0.2) is 0 Å². The Morgan fingerprint density at radius 1 is 1.14 bits per heavy atom. The summed E-state index contributed by atoms with van der Waals surface area (Å²) in [6.07, 6.45) is 0. The second-order valence-electron chi connectivity index (χ2n) is 6.24. The van der Waals surface area contributed by atoms with E-state index < -0.39 is 0 Å². The van der Waals surface area contributed by atoms with Crippen LogP contribution in [0.5, 0.6) is 0 Å². The number of amides is 2. The SMILES string of the molecule is CCN(CC(=O)NCc1ccc(F)cc1)C(=O)c1cc2ccccc2c(Cl)n1. The maximum Gasteiger partial charge on any atom is 0.272 e. The van der Waals surface area contributed by atoms with E-state index in [2.05, 4.69) is 10.3 Å². The maximum absolute atomic E-state index is 12.9. The average Bonchev–Trinajstić information content (AvgIpc) is 2.71. The Kier molecular flexibility index (Phi) is 6.21. The summed E-state index contributed by atoms with van der Waals surface area (Å²) in [5.41, 5.74) is 0.962. The van der Waals surface area contributed by atoms with Gasteiger partial charge in [0.25, 0.3) is 5.91 Å². The van der Waals surface area contributed by atoms with Crippen molar-refractivity contribution >= 4 is 34.2 Å². The van der Waals surface area contributed by atoms with Gasteiger partial charge in [-0.15, -0.1) is 0 Å². The van der Waals surface area contributed by atoms with Crippen LogP contribution >= 0.6 is 11.6 Å². The second kappa shape index (κ2) is 8.80. The monoisotopic (exact) mass is 399 g/mol. The molecule has 0 aliphatic heterocycles. The number of aromatic nitrogens is 1. The number of rotatable bonds is 6. The first-order valence-electron chi connectivity index (χ1n) is 8.83. The molecular weight excluding hydrogens is 381 g/mol. The molecule has 2 aromatic carbocycles. The summed E-state index contributed by atoms with van der Waals surface area (Å²) in [5, 5.41) is 4.55. The minimum Gasteiger partial charge on any atom is -0.350 e. The van der Waals surface area contributed by atoms with E-state index in [1.807, 2.05) is 24.3 Å². The number of pyridine rings is 1. The molecule has 3 aromatic rings. The number of likely N-dealkylation sites (N-methyl/N-ethyl adjacent to an activating group) is 1. The fraction of sp³-hybridized carbons (Fsp3) is 0.190. The molecule has 0 fully saturated rings. The Morgan fingerprint density at radius 3 is 2.57 bits per heavy atom. The smallest absolute Gasteiger partial charge is 0.272 e. The fourth-order valence-corrected chi connectivity index (χ4v) is 3.05. The van der Waals surface area contributed by atoms with Gasteiger partial charge in [0.1, 0.15) is 16.7 Å². The van der Waals surface area contributed by atoms with Crippen molar-refractivity contribution < 1.29 is 14.0 Å². The first-order valence-corrected chi connectivity index (χ1v) is 9.21. The van der Waals surface area contributed by atoms with E-state index in [0.717, 1.165) is 16.3 Å². The summed E-state index contributed by atoms with van der Waals surface area (Å²) in [4.78, 5) is 30.6. The summed E-state index contributed by atoms with van der Waals surface area (Å²) in [6, 6.07) is 14.9. The van der Waals surface area contributed by atoms with Crippen LogP contribution in [-0.2, 0) is 11.3 Å². The maximum atomic E-state index is 12.9. The number of carbonyl (C=O) groups excluding carboxylic acids is 2. The number of nitrogens with zero attached hydrogens (tertiary/aromatic N) is 2. The van der Waals surface area contributed by atoms with Crippen molar-refractivity contribution in [3.63, 3.8) is 0 Å². The quantitative estimate of drug-likeness (QED) is 0.641. The number of nitrogens with one attached hydrogen (secondary N) is 1. The van der Waals surface area contributed by atoms with Crippen LogP contribution in [0.4, 0.5) is 4.39 Å². The lowest BCUT2D eigenvalue weighted by atomic mass is 10.1. The van der Waals surface area contributed by atoms with Crippen molar-refractivity contribution in [2.24, 2.45) is 0 Å². The van der Waals surface area contributed by atoms with Crippen LogP contribution in [0.25, 0.3) is 10.8 Å². The van der Waals surface area contributed by atoms with Gasteiger partial charge < -0.3 is 10.2 Å². The fourth-order valence-electron chi connectivity index (χ4n) is 2.79. The molecule has 0 saturated carbocycles. The molecule has 0 radical (unpaired) electrons. The third-order valence-electron chi connectivity index (χ3n) is 4.32. The van der Waals surface area contributed by atoms with Crippen molar-refractivity contribution in [2.75, 3.05) is 13.1 Å². The highest BCUT2D eigenvalue weighted by Crippen LogP contribution is 2.22. The summed E-state index contributed by atoms with van der Waals surface area (Å²) >= 11 is 6.20. The topological polar surface area (TPSA) is 62.3 Å². The lowest BCUT2D eigenvalue weighted by Gasteiger charge is -2.20. The van der Waals surface area contributed by atoms with Gasteiger partial charge in [0.05, 0.1) is 6.54 Å². The van der Waals surface area contributed by atoms with Gasteiger partial charge in [-0.25, -0.2) is 9.37 Å². The largest absolute Gasteiger partial charge is 0.350 e. The highest BCUT2D eigenvalue weighted by atomic mass is 35.5. The number of hydrogen-bond acceptors (Lipinski definition) is 3. The van der Waals surface area contributed by atoms with Crippen molar-refractivity contribution in [1.82, 2.24) is 15.2 Å². The van der Waals surface area contributed by atoms with Crippen LogP contribution < -0.4 is 5.32 Å². The molecule has 144 valence electrons. The van der Waals surface area contributed by atoms with E-state index in [1.54, 1.807) is 25.1 Å². The van der Waals surface area contributed by atoms with Crippen LogP contribution in [0, 0.1) is 5.82 Å². The molecule has 5 nitrogen and oxygen atoms in total. The lowest BCUT2D eigenvalue weighted by Crippen LogP contribution is -2.40. The van der Waals surface area contributed by atoms with Crippen molar-refractivity contribution in [1.29, 1.82) is 0 Å². The standard InChI is InChI=1S/C21H19ClFN3O2/c1-2-26(13-19(27)24-12-14-7-9-16(23)10-8-14)21(28)18-11-15-5-3-4-6-17(15)20(22)25-18/h3-11H,2,12-13H2,1H3,(H,24,27). The van der Waals surface area contributed by atoms with Gasteiger partial charge in [0, 0.05) is 18.5 Å². The highest BCUT2D eigenvalue weighted by Gasteiger charge is 2.20. The summed E-state index contributed by atoms with van der Waals surface area (Å²) in [6.45, 7) is 2.27. The van der Waals surface area contributed by atoms with Gasteiger partial charge in [-0.3, -0.25) is 9.59 Å². The summed E-state index contributed by atoms with van der Waals surface area (Å²) < 4.78 is 12.9. The molecule has 1 aromatic heterocycles. The summed E-state index contributed by atoms with van der Waals surface area (Å²) in [7, 11) is 0. The molecule has 28 heavy (non-hydrogen) atoms. The molecule has 1 N–H and O–H groups in total. The molecule has 0 aliphatic rings. The predicted molar refractivity (Wildman–Crippen MR) is 107 cm³/mol. The summed E-state index contributed by atoms with van der Waals surface area (Å²) in [5.74, 6) is -1.02. The van der Waals surface area contributed by atoms with Gasteiger partial charge in [-0.05, 0) is 36.1 Å². The number of hydrogen-bond donors (Lipinski definition) is 1. The van der Waals surface area contributed by atoms with E-state index in [-0.39, 0.29) is 41.6 Å². The Labute approximate surface area is 167 Å². The predicted octanol–water partition coefficient (Wildman–Crippen LogP) is 3.81. The van der Waals surface area contributed by atoms with Crippen LogP contribution in [-0.4, -0.2) is 34.8 Å². The third-order valence-corrected chi connectivity index (χ3v) is 4.61. The van der Waals surface area contributed by atoms with E-state index >= 15 is 0 Å². The first-order chi connectivity index (χ1) is 13.5. The zero-order valence-corrected chi connectivity index (χ0v) is 16.0. The number of fused-ring (bicyclic) bond motifs is 1. The van der Waals surface area contributed by atoms with Gasteiger partial charge in [-0.1, -0.05) is 48.0 Å². The Hall–Kier alpha value is -2.99. The highest BCUT2D eigenvalue weighted by molar-refractivity contribution is 6.34. The van der Waals surface area contributed by atoms with Gasteiger partial charge >= 0.3 is 0 Å². The van der Waals surface area contributed by atoms with E-state index in [0.29, 0.717) is 6.54 Å². The zero-order chi connectivity index (χ0) is 20.1. The average molecular weight is 400 g/mol. The molecule has 1 heterocycles. The molecule has 7 heteroatoms. The minimum absolute atomic E-state index is 0.108. The lowest BCUT2D eigenvalue weighted by molar-refractivity contribution is -0.121. The minimum atomic E-state index is -0.368. The second-order valence-corrected chi connectivity index (χ2v) is 6.60. The molecule has 0 bridgehead atoms. The third kappa shape index (κ3) is 4.64. The van der Waals surface area contributed by atoms with Crippen molar-refractivity contribution in [3.8, 4) is 0 Å². The van der Waals surface area contributed by atoms with Crippen molar-refractivity contribution in [3.05, 3.63) is 76.8 Å². The van der Waals surface area contributed by atoms with Crippen LogP contribution in [0.1, 0.15) is 23.0 Å². The van der Waals surface area contributed by atoms with Crippen molar-refractivity contribution in [2.45, 2.75) is 13.5 Å². The van der Waals surface area contributed by atoms with Crippen LogP contribution in [0.3, 0.4) is 0 Å². The van der Waals surface area contributed by atoms with Gasteiger partial charge in [-0.2, -0.15) is 0 Å². The van der Waals surface area contributed by atoms with Crippen LogP contribution in [0.2, 0.25) is 5.15 Å². The molecule has 0 spiro atoms. The van der Waals surface area contributed by atoms with E-state index in [4.69, 9.17) is 11.6 Å². The molecule has 2 amide bonds. The zero-order valence-electron chi connectivity index (χ0n) is 15.3. The van der Waals surface area contributed by atoms with Gasteiger partial charge in [0.2, 0.25) is 5.91 Å². The molecule has 0 aliphatic carbocycles. The normalized spacial score (nSPS) is 10.7.